The molecule has 1 fully saturated rings. The van der Waals surface area contributed by atoms with Crippen LogP contribution in [0.3, 0.4) is 0 Å². The van der Waals surface area contributed by atoms with Crippen LogP contribution in [0, 0.1) is 11.3 Å². The summed E-state index contributed by atoms with van der Waals surface area (Å²) in [6.07, 6.45) is 4.45. The van der Waals surface area contributed by atoms with E-state index in [1.165, 1.54) is 12.8 Å². The van der Waals surface area contributed by atoms with Crippen LogP contribution < -0.4 is 10.6 Å². The lowest BCUT2D eigenvalue weighted by molar-refractivity contribution is -0.133. The summed E-state index contributed by atoms with van der Waals surface area (Å²) >= 11 is 0. The van der Waals surface area contributed by atoms with Crippen molar-refractivity contribution >= 4 is 11.8 Å². The van der Waals surface area contributed by atoms with E-state index in [2.05, 4.69) is 17.6 Å². The van der Waals surface area contributed by atoms with Gasteiger partial charge in [-0.25, -0.2) is 0 Å². The zero-order valence-electron chi connectivity index (χ0n) is 12.9. The first kappa shape index (κ1) is 16.0. The Hall–Kier alpha value is -1.06. The topological polar surface area (TPSA) is 58.2 Å². The molecule has 19 heavy (non-hydrogen) atoms. The zero-order valence-corrected chi connectivity index (χ0v) is 12.9. The molecule has 0 aromatic rings. The summed E-state index contributed by atoms with van der Waals surface area (Å²) in [4.78, 5) is 23.9. The molecule has 0 saturated heterocycles. The number of amides is 2. The third kappa shape index (κ3) is 5.21. The molecule has 110 valence electrons. The van der Waals surface area contributed by atoms with Crippen molar-refractivity contribution in [1.82, 2.24) is 10.6 Å². The van der Waals surface area contributed by atoms with Gasteiger partial charge in [0, 0.05) is 11.5 Å². The van der Waals surface area contributed by atoms with E-state index in [4.69, 9.17) is 0 Å². The van der Waals surface area contributed by atoms with Crippen molar-refractivity contribution in [1.29, 1.82) is 0 Å². The van der Waals surface area contributed by atoms with Gasteiger partial charge in [0.25, 0.3) is 0 Å². The first-order chi connectivity index (χ1) is 8.70. The third-order valence-electron chi connectivity index (χ3n) is 3.78. The van der Waals surface area contributed by atoms with Gasteiger partial charge in [-0.1, -0.05) is 27.7 Å². The van der Waals surface area contributed by atoms with Crippen molar-refractivity contribution in [3.8, 4) is 0 Å². The molecule has 1 rings (SSSR count). The van der Waals surface area contributed by atoms with Gasteiger partial charge in [-0.3, -0.25) is 9.59 Å². The molecule has 0 aromatic carbocycles. The summed E-state index contributed by atoms with van der Waals surface area (Å²) in [6.45, 7) is 9.52. The predicted molar refractivity (Wildman–Crippen MR) is 76.6 cm³/mol. The summed E-state index contributed by atoms with van der Waals surface area (Å²) in [5.41, 5.74) is -0.463. The van der Waals surface area contributed by atoms with Crippen molar-refractivity contribution in [2.24, 2.45) is 11.3 Å². The highest BCUT2D eigenvalue weighted by atomic mass is 16.2. The van der Waals surface area contributed by atoms with Crippen molar-refractivity contribution < 1.29 is 9.59 Å². The average Bonchev–Trinajstić information content (AvgIpc) is 2.30. The Labute approximate surface area is 116 Å². The van der Waals surface area contributed by atoms with Crippen molar-refractivity contribution in [2.75, 3.05) is 0 Å². The number of hydrogen-bond donors (Lipinski definition) is 2. The van der Waals surface area contributed by atoms with Crippen molar-refractivity contribution in [3.05, 3.63) is 0 Å². The lowest BCUT2D eigenvalue weighted by Gasteiger charge is -2.28. The van der Waals surface area contributed by atoms with E-state index >= 15 is 0 Å². The molecule has 0 radical (unpaired) electrons. The van der Waals surface area contributed by atoms with Gasteiger partial charge in [-0.05, 0) is 38.5 Å². The first-order valence-electron chi connectivity index (χ1n) is 7.31. The summed E-state index contributed by atoms with van der Waals surface area (Å²) in [6, 6.07) is -0.191. The fourth-order valence-corrected chi connectivity index (χ4v) is 2.21. The van der Waals surface area contributed by atoms with E-state index in [1.54, 1.807) is 6.92 Å². The molecule has 0 aliphatic heterocycles. The van der Waals surface area contributed by atoms with Crippen LogP contribution in [0.15, 0.2) is 0 Å². The van der Waals surface area contributed by atoms with Crippen LogP contribution in [0.25, 0.3) is 0 Å². The van der Waals surface area contributed by atoms with E-state index in [0.29, 0.717) is 0 Å². The Balaban J connectivity index is 2.39. The van der Waals surface area contributed by atoms with Gasteiger partial charge in [0.2, 0.25) is 11.8 Å². The molecule has 1 saturated carbocycles. The van der Waals surface area contributed by atoms with E-state index in [1.807, 2.05) is 20.8 Å². The van der Waals surface area contributed by atoms with Gasteiger partial charge in [-0.15, -0.1) is 0 Å². The normalized spacial score (nSPS) is 25.5. The smallest absolute Gasteiger partial charge is 0.242 e. The number of nitrogens with one attached hydrogen (secondary N) is 2. The Morgan fingerprint density at radius 1 is 1.11 bits per heavy atom. The molecule has 1 aliphatic rings. The molecule has 1 aliphatic carbocycles. The van der Waals surface area contributed by atoms with Crippen LogP contribution in [0.5, 0.6) is 0 Å². The minimum Gasteiger partial charge on any atom is -0.352 e. The van der Waals surface area contributed by atoms with Gasteiger partial charge in [0.05, 0.1) is 0 Å². The maximum absolute atomic E-state index is 12.0. The summed E-state index contributed by atoms with van der Waals surface area (Å²) in [5, 5.41) is 5.81. The first-order valence-corrected chi connectivity index (χ1v) is 7.31. The second-order valence-corrected chi connectivity index (χ2v) is 6.91. The number of carbonyl (C=O) groups excluding carboxylic acids is 2. The molecular weight excluding hydrogens is 240 g/mol. The highest BCUT2D eigenvalue weighted by Gasteiger charge is 2.26. The van der Waals surface area contributed by atoms with Crippen LogP contribution in [-0.4, -0.2) is 23.9 Å². The second-order valence-electron chi connectivity index (χ2n) is 6.91. The SMILES string of the molecule is CC1CCC(NC(=O)[C@H](C)NC(=O)C(C)(C)C)CC1. The van der Waals surface area contributed by atoms with E-state index < -0.39 is 11.5 Å². The monoisotopic (exact) mass is 268 g/mol. The second kappa shape index (κ2) is 6.40. The number of hydrogen-bond acceptors (Lipinski definition) is 2. The largest absolute Gasteiger partial charge is 0.352 e. The zero-order chi connectivity index (χ0) is 14.6. The Bertz CT molecular complexity index is 326. The van der Waals surface area contributed by atoms with E-state index in [0.717, 1.165) is 18.8 Å². The molecule has 2 amide bonds. The molecule has 0 bridgehead atoms. The highest BCUT2D eigenvalue weighted by molar-refractivity contribution is 5.89. The molecule has 2 N–H and O–H groups in total. The summed E-state index contributed by atoms with van der Waals surface area (Å²) < 4.78 is 0. The average molecular weight is 268 g/mol. The lowest BCUT2D eigenvalue weighted by Crippen LogP contribution is -2.50. The molecule has 0 spiro atoms. The minimum absolute atomic E-state index is 0.0721. The highest BCUT2D eigenvalue weighted by Crippen LogP contribution is 2.23. The molecule has 0 aromatic heterocycles. The molecule has 0 unspecified atom stereocenters. The fourth-order valence-electron chi connectivity index (χ4n) is 2.21. The van der Waals surface area contributed by atoms with Crippen LogP contribution >= 0.6 is 0 Å². The maximum Gasteiger partial charge on any atom is 0.242 e. The molecular formula is C15H28N2O2. The minimum atomic E-state index is -0.467. The quantitative estimate of drug-likeness (QED) is 0.824. The van der Waals surface area contributed by atoms with Gasteiger partial charge < -0.3 is 10.6 Å². The van der Waals surface area contributed by atoms with E-state index in [9.17, 15) is 9.59 Å². The molecule has 0 heterocycles. The lowest BCUT2D eigenvalue weighted by atomic mass is 9.87. The standard InChI is InChI=1S/C15H28N2O2/c1-10-6-8-12(9-7-10)17-13(18)11(2)16-14(19)15(3,4)5/h10-12H,6-9H2,1-5H3,(H,16,19)(H,17,18)/t10?,11-,12?/m0/s1. The van der Waals surface area contributed by atoms with Crippen molar-refractivity contribution in [3.63, 3.8) is 0 Å². The van der Waals surface area contributed by atoms with Crippen LogP contribution in [0.4, 0.5) is 0 Å². The van der Waals surface area contributed by atoms with Gasteiger partial charge in [0.1, 0.15) is 6.04 Å². The number of rotatable bonds is 3. The Morgan fingerprint density at radius 3 is 2.11 bits per heavy atom. The van der Waals surface area contributed by atoms with Crippen LogP contribution in [0.1, 0.15) is 60.3 Å². The summed E-state index contributed by atoms with van der Waals surface area (Å²) in [7, 11) is 0. The Morgan fingerprint density at radius 2 is 1.63 bits per heavy atom. The third-order valence-corrected chi connectivity index (χ3v) is 3.78. The predicted octanol–water partition coefficient (Wildman–Crippen LogP) is 2.23. The summed E-state index contributed by atoms with van der Waals surface area (Å²) in [5.74, 6) is 0.607. The fraction of sp³-hybridized carbons (Fsp3) is 0.867. The Kier molecular flexibility index (Phi) is 5.39. The number of carbonyl (C=O) groups is 2. The maximum atomic E-state index is 12.0. The van der Waals surface area contributed by atoms with Gasteiger partial charge >= 0.3 is 0 Å². The molecule has 4 nitrogen and oxygen atoms in total. The van der Waals surface area contributed by atoms with Gasteiger partial charge in [-0.2, -0.15) is 0 Å². The van der Waals surface area contributed by atoms with E-state index in [-0.39, 0.29) is 17.9 Å². The van der Waals surface area contributed by atoms with Gasteiger partial charge in [0.15, 0.2) is 0 Å². The molecule has 1 atom stereocenters. The molecule has 4 heteroatoms. The van der Waals surface area contributed by atoms with Crippen LogP contribution in [-0.2, 0) is 9.59 Å². The van der Waals surface area contributed by atoms with Crippen LogP contribution in [0.2, 0.25) is 0 Å². The van der Waals surface area contributed by atoms with Crippen molar-refractivity contribution in [2.45, 2.75) is 72.4 Å².